The number of likely N-dealkylation sites (N-methyl/N-ethyl adjacent to an activating group) is 1. The molecule has 1 N–H and O–H groups in total. The second kappa shape index (κ2) is 5.29. The fourth-order valence-corrected chi connectivity index (χ4v) is 2.99. The molecule has 2 heterocycles. The molecule has 0 bridgehead atoms. The van der Waals surface area contributed by atoms with Crippen LogP contribution in [-0.4, -0.2) is 29.8 Å². The SMILES string of the molecule is CN1C(=O)CCC(NCc2csc(Br)c2)C1=O. The molecule has 17 heavy (non-hydrogen) atoms. The van der Waals surface area contributed by atoms with Crippen molar-refractivity contribution < 1.29 is 9.59 Å². The molecule has 6 heteroatoms. The molecule has 0 radical (unpaired) electrons. The highest BCUT2D eigenvalue weighted by Crippen LogP contribution is 2.21. The molecule has 1 atom stereocenters. The molecule has 1 unspecified atom stereocenters. The van der Waals surface area contributed by atoms with Gasteiger partial charge in [-0.1, -0.05) is 0 Å². The van der Waals surface area contributed by atoms with Gasteiger partial charge in [-0.15, -0.1) is 11.3 Å². The van der Waals surface area contributed by atoms with Gasteiger partial charge in [-0.3, -0.25) is 14.5 Å². The van der Waals surface area contributed by atoms with Crippen LogP contribution in [0, 0.1) is 0 Å². The Bertz CT molecular complexity index is 446. The molecule has 0 spiro atoms. The number of nitrogens with one attached hydrogen (secondary N) is 1. The zero-order chi connectivity index (χ0) is 12.4. The number of nitrogens with zero attached hydrogens (tertiary/aromatic N) is 1. The summed E-state index contributed by atoms with van der Waals surface area (Å²) < 4.78 is 1.08. The number of carbonyl (C=O) groups is 2. The van der Waals surface area contributed by atoms with Gasteiger partial charge in [0.15, 0.2) is 0 Å². The number of hydrogen-bond donors (Lipinski definition) is 1. The van der Waals surface area contributed by atoms with Gasteiger partial charge < -0.3 is 5.32 Å². The molecule has 1 aromatic heterocycles. The molecular weight excluding hydrogens is 304 g/mol. The van der Waals surface area contributed by atoms with E-state index >= 15 is 0 Å². The van der Waals surface area contributed by atoms with Crippen LogP contribution >= 0.6 is 27.3 Å². The maximum Gasteiger partial charge on any atom is 0.246 e. The Kier molecular flexibility index (Phi) is 3.96. The Hall–Kier alpha value is -0.720. The van der Waals surface area contributed by atoms with Crippen molar-refractivity contribution in [2.24, 2.45) is 0 Å². The van der Waals surface area contributed by atoms with E-state index in [2.05, 4.69) is 21.2 Å². The summed E-state index contributed by atoms with van der Waals surface area (Å²) >= 11 is 5.02. The van der Waals surface area contributed by atoms with Gasteiger partial charge in [0, 0.05) is 20.0 Å². The first kappa shape index (κ1) is 12.7. The van der Waals surface area contributed by atoms with Crippen LogP contribution in [0.25, 0.3) is 0 Å². The molecule has 2 rings (SSSR count). The van der Waals surface area contributed by atoms with Crippen molar-refractivity contribution in [1.29, 1.82) is 0 Å². The molecule has 0 aliphatic carbocycles. The topological polar surface area (TPSA) is 49.4 Å². The standard InChI is InChI=1S/C11H13BrN2O2S/c1-14-10(15)3-2-8(11(14)16)13-5-7-4-9(12)17-6-7/h4,6,8,13H,2-3,5H2,1H3. The lowest BCUT2D eigenvalue weighted by Crippen LogP contribution is -2.51. The van der Waals surface area contributed by atoms with Crippen LogP contribution in [0.3, 0.4) is 0 Å². The van der Waals surface area contributed by atoms with Gasteiger partial charge in [0.1, 0.15) is 0 Å². The minimum absolute atomic E-state index is 0.0914. The van der Waals surface area contributed by atoms with Crippen molar-refractivity contribution in [3.05, 3.63) is 20.8 Å². The van der Waals surface area contributed by atoms with E-state index in [-0.39, 0.29) is 17.9 Å². The number of imide groups is 1. The number of amides is 2. The van der Waals surface area contributed by atoms with Gasteiger partial charge in [0.2, 0.25) is 11.8 Å². The molecule has 1 fully saturated rings. The third kappa shape index (κ3) is 2.94. The van der Waals surface area contributed by atoms with Gasteiger partial charge >= 0.3 is 0 Å². The Morgan fingerprint density at radius 1 is 1.59 bits per heavy atom. The molecule has 0 saturated carbocycles. The highest BCUT2D eigenvalue weighted by Gasteiger charge is 2.31. The van der Waals surface area contributed by atoms with Crippen molar-refractivity contribution in [1.82, 2.24) is 10.2 Å². The molecule has 1 aliphatic rings. The van der Waals surface area contributed by atoms with Crippen LogP contribution in [0.1, 0.15) is 18.4 Å². The number of piperidine rings is 1. The van der Waals surface area contributed by atoms with Crippen LogP contribution < -0.4 is 5.32 Å². The summed E-state index contributed by atoms with van der Waals surface area (Å²) in [5.41, 5.74) is 1.15. The summed E-state index contributed by atoms with van der Waals surface area (Å²) in [6.07, 6.45) is 1.03. The third-order valence-electron chi connectivity index (χ3n) is 2.82. The molecular formula is C11H13BrN2O2S. The predicted octanol–water partition coefficient (Wildman–Crippen LogP) is 1.75. The van der Waals surface area contributed by atoms with Crippen LogP contribution in [0.4, 0.5) is 0 Å². The van der Waals surface area contributed by atoms with E-state index in [1.807, 2.05) is 11.4 Å². The molecule has 1 aliphatic heterocycles. The zero-order valence-corrected chi connectivity index (χ0v) is 11.8. The lowest BCUT2D eigenvalue weighted by molar-refractivity contribution is -0.148. The fourth-order valence-electron chi connectivity index (χ4n) is 1.78. The summed E-state index contributed by atoms with van der Waals surface area (Å²) in [4.78, 5) is 24.3. The lowest BCUT2D eigenvalue weighted by atomic mass is 10.0. The average molecular weight is 317 g/mol. The molecule has 1 aromatic rings. The van der Waals surface area contributed by atoms with Crippen LogP contribution in [0.15, 0.2) is 15.2 Å². The Balaban J connectivity index is 1.91. The van der Waals surface area contributed by atoms with Crippen LogP contribution in [-0.2, 0) is 16.1 Å². The van der Waals surface area contributed by atoms with E-state index in [1.54, 1.807) is 18.4 Å². The van der Waals surface area contributed by atoms with Gasteiger partial charge in [0.05, 0.1) is 9.83 Å². The van der Waals surface area contributed by atoms with E-state index in [9.17, 15) is 9.59 Å². The van der Waals surface area contributed by atoms with E-state index in [4.69, 9.17) is 0 Å². The van der Waals surface area contributed by atoms with E-state index in [1.165, 1.54) is 4.90 Å². The smallest absolute Gasteiger partial charge is 0.246 e. The normalized spacial score (nSPS) is 21.1. The Morgan fingerprint density at radius 2 is 2.35 bits per heavy atom. The summed E-state index contributed by atoms with van der Waals surface area (Å²) in [6, 6.07) is 1.79. The first-order valence-electron chi connectivity index (χ1n) is 5.34. The van der Waals surface area contributed by atoms with Gasteiger partial charge in [-0.25, -0.2) is 0 Å². The van der Waals surface area contributed by atoms with Crippen LogP contribution in [0.5, 0.6) is 0 Å². The summed E-state index contributed by atoms with van der Waals surface area (Å²) in [5.74, 6) is -0.220. The Labute approximate surface area is 112 Å². The first-order valence-corrected chi connectivity index (χ1v) is 7.02. The minimum Gasteiger partial charge on any atom is -0.302 e. The number of likely N-dealkylation sites (tertiary alicyclic amines) is 1. The van der Waals surface area contributed by atoms with E-state index in [0.717, 1.165) is 9.35 Å². The summed E-state index contributed by atoms with van der Waals surface area (Å²) in [6.45, 7) is 0.653. The van der Waals surface area contributed by atoms with Gasteiger partial charge in [0.25, 0.3) is 0 Å². The quantitative estimate of drug-likeness (QED) is 0.864. The minimum atomic E-state index is -0.239. The number of carbonyl (C=O) groups excluding carboxylic acids is 2. The largest absolute Gasteiger partial charge is 0.302 e. The van der Waals surface area contributed by atoms with Crippen molar-refractivity contribution in [3.63, 3.8) is 0 Å². The molecule has 1 saturated heterocycles. The number of halogens is 1. The maximum atomic E-state index is 11.8. The second-order valence-corrected chi connectivity index (χ2v) is 6.31. The fraction of sp³-hybridized carbons (Fsp3) is 0.455. The molecule has 4 nitrogen and oxygen atoms in total. The van der Waals surface area contributed by atoms with Gasteiger partial charge in [-0.2, -0.15) is 0 Å². The predicted molar refractivity (Wildman–Crippen MR) is 69.7 cm³/mol. The van der Waals surface area contributed by atoms with Crippen molar-refractivity contribution in [3.8, 4) is 0 Å². The number of rotatable bonds is 3. The first-order chi connectivity index (χ1) is 8.08. The number of hydrogen-bond acceptors (Lipinski definition) is 4. The highest BCUT2D eigenvalue weighted by atomic mass is 79.9. The highest BCUT2D eigenvalue weighted by molar-refractivity contribution is 9.11. The third-order valence-corrected chi connectivity index (χ3v) is 4.38. The van der Waals surface area contributed by atoms with E-state index < -0.39 is 0 Å². The monoisotopic (exact) mass is 316 g/mol. The number of thiophene rings is 1. The molecule has 2 amide bonds. The summed E-state index contributed by atoms with van der Waals surface area (Å²) in [7, 11) is 1.54. The van der Waals surface area contributed by atoms with Crippen molar-refractivity contribution in [2.75, 3.05) is 7.05 Å². The molecule has 92 valence electrons. The van der Waals surface area contributed by atoms with Crippen molar-refractivity contribution >= 4 is 39.1 Å². The second-order valence-electron chi connectivity index (χ2n) is 4.02. The van der Waals surface area contributed by atoms with Crippen molar-refractivity contribution in [2.45, 2.75) is 25.4 Å². The lowest BCUT2D eigenvalue weighted by Gasteiger charge is -2.28. The van der Waals surface area contributed by atoms with Gasteiger partial charge in [-0.05, 0) is 39.4 Å². The Morgan fingerprint density at radius 3 is 3.00 bits per heavy atom. The molecule has 0 aromatic carbocycles. The maximum absolute atomic E-state index is 11.8. The zero-order valence-electron chi connectivity index (χ0n) is 9.40. The average Bonchev–Trinajstić information content (AvgIpc) is 2.71. The summed E-state index contributed by atoms with van der Waals surface area (Å²) in [5, 5.41) is 5.24. The van der Waals surface area contributed by atoms with Crippen LogP contribution in [0.2, 0.25) is 0 Å². The van der Waals surface area contributed by atoms with E-state index in [0.29, 0.717) is 19.4 Å².